The summed E-state index contributed by atoms with van der Waals surface area (Å²) < 4.78 is 18.4. The Bertz CT molecular complexity index is 3580. The van der Waals surface area contributed by atoms with Gasteiger partial charge in [0.05, 0.1) is 16.4 Å². The Morgan fingerprint density at radius 1 is 0.833 bits per heavy atom. The molecule has 24 heteroatoms. The number of aromatic amines is 2. The van der Waals surface area contributed by atoms with Gasteiger partial charge >= 0.3 is 18.2 Å². The number of aromatic nitrogens is 2. The third-order valence-electron chi connectivity index (χ3n) is 15.2. The molecule has 3 unspecified atom stereocenters. The van der Waals surface area contributed by atoms with Crippen molar-refractivity contribution in [3.63, 3.8) is 0 Å². The summed E-state index contributed by atoms with van der Waals surface area (Å²) in [6.45, 7) is 9.87. The van der Waals surface area contributed by atoms with Crippen molar-refractivity contribution in [2.24, 2.45) is 17.4 Å². The normalized spacial score (nSPS) is 14.8. The van der Waals surface area contributed by atoms with Crippen LogP contribution in [0.5, 0.6) is 11.5 Å². The molecule has 444 valence electrons. The standard InChI is InChI=1S/C60H71ClN12O10S/c1-34(2)52(62)56(76)69-45(9-8-18-64-58(63)78)54(74)65-40-12-10-36(11-13-40)32-82-59(79)70(4)21-22-71(5)60(80)83-49-29-48-51(50-35(3)33-84-53(49)50)39(30-61)31-73(48)57(77)47-28-37-25-41(14-16-43(37)68-47)66-55(75)46-27-38-26-42(15-17-44(38)67-46)81-24-23-72-19-6-7-20-72/h10-17,25-29,33-34,39,45,52,67-68H,6-9,18-24,30-32,62H2,1-5H3,(H,65,74)(H,66,75)(H,69,76)(H3,63,64,78). The van der Waals surface area contributed by atoms with Crippen LogP contribution in [0.2, 0.25) is 0 Å². The van der Waals surface area contributed by atoms with Crippen LogP contribution in [0.15, 0.2) is 84.2 Å². The Balaban J connectivity index is 0.788. The highest BCUT2D eigenvalue weighted by Crippen LogP contribution is 2.49. The monoisotopic (exact) mass is 1190 g/mol. The number of aryl methyl sites for hydroxylation is 1. The molecule has 22 nitrogen and oxygen atoms in total. The number of likely N-dealkylation sites (tertiary alicyclic amines) is 1. The minimum atomic E-state index is -0.939. The summed E-state index contributed by atoms with van der Waals surface area (Å²) in [7, 11) is 3.10. The number of benzene rings is 4. The van der Waals surface area contributed by atoms with Crippen LogP contribution >= 0.6 is 22.9 Å². The molecule has 0 bridgehead atoms. The topological polar surface area (TPSA) is 292 Å². The molecule has 5 heterocycles. The fraction of sp³-hybridized carbons (Fsp3) is 0.383. The van der Waals surface area contributed by atoms with E-state index < -0.39 is 42.1 Å². The first-order chi connectivity index (χ1) is 40.3. The van der Waals surface area contributed by atoms with E-state index >= 15 is 0 Å². The summed E-state index contributed by atoms with van der Waals surface area (Å²) in [5, 5.41) is 15.4. The number of anilines is 3. The van der Waals surface area contributed by atoms with Gasteiger partial charge in [-0.2, -0.15) is 0 Å². The van der Waals surface area contributed by atoms with E-state index in [4.69, 9.17) is 37.3 Å². The van der Waals surface area contributed by atoms with Gasteiger partial charge in [0.25, 0.3) is 11.8 Å². The van der Waals surface area contributed by atoms with E-state index in [1.54, 1.807) is 87.4 Å². The number of nitrogens with zero attached hydrogens (tertiary/aromatic N) is 4. The Kier molecular flexibility index (Phi) is 19.3. The van der Waals surface area contributed by atoms with Crippen molar-refractivity contribution in [3.8, 4) is 11.5 Å². The first-order valence-electron chi connectivity index (χ1n) is 28.0. The van der Waals surface area contributed by atoms with Crippen LogP contribution in [-0.2, 0) is 20.9 Å². The Hall–Kier alpha value is -8.38. The number of ether oxygens (including phenoxy) is 3. The number of halogens is 1. The van der Waals surface area contributed by atoms with Crippen molar-refractivity contribution in [1.82, 2.24) is 35.3 Å². The molecule has 1 saturated heterocycles. The number of carbonyl (C=O) groups excluding carboxylic acids is 7. The Labute approximate surface area is 494 Å². The quantitative estimate of drug-likeness (QED) is 0.0221. The van der Waals surface area contributed by atoms with Crippen molar-refractivity contribution < 1.29 is 47.8 Å². The van der Waals surface area contributed by atoms with Gasteiger partial charge < -0.3 is 71.6 Å². The minimum Gasteiger partial charge on any atom is -0.492 e. The summed E-state index contributed by atoms with van der Waals surface area (Å²) >= 11 is 8.06. The molecule has 10 N–H and O–H groups in total. The molecule has 3 aromatic heterocycles. The number of carbonyl (C=O) groups is 7. The molecule has 3 atom stereocenters. The zero-order valence-corrected chi connectivity index (χ0v) is 49.2. The van der Waals surface area contributed by atoms with Crippen LogP contribution in [0.3, 0.4) is 0 Å². The van der Waals surface area contributed by atoms with E-state index in [2.05, 4.69) is 36.1 Å². The predicted octanol–water partition coefficient (Wildman–Crippen LogP) is 8.44. The minimum absolute atomic E-state index is 0.0856. The molecular weight excluding hydrogens is 1120 g/mol. The maximum atomic E-state index is 14.6. The van der Waals surface area contributed by atoms with Gasteiger partial charge in [-0.3, -0.25) is 24.1 Å². The van der Waals surface area contributed by atoms with E-state index in [0.717, 1.165) is 57.5 Å². The number of amides is 8. The highest BCUT2D eigenvalue weighted by atomic mass is 35.5. The lowest BCUT2D eigenvalue weighted by atomic mass is 9.97. The maximum absolute atomic E-state index is 14.6. The van der Waals surface area contributed by atoms with E-state index in [-0.39, 0.29) is 74.5 Å². The van der Waals surface area contributed by atoms with E-state index in [1.165, 1.54) is 34.0 Å². The molecule has 7 aromatic rings. The number of likely N-dealkylation sites (N-methyl/N-ethyl adjacent to an activating group) is 2. The summed E-state index contributed by atoms with van der Waals surface area (Å²) in [6.07, 6.45) is 1.71. The van der Waals surface area contributed by atoms with Crippen LogP contribution in [0.25, 0.3) is 31.9 Å². The number of alkyl halides is 1. The van der Waals surface area contributed by atoms with Gasteiger partial charge in [0, 0.05) is 103 Å². The molecule has 9 rings (SSSR count). The number of H-pyrrole nitrogens is 2. The molecule has 0 radical (unpaired) electrons. The number of nitrogens with two attached hydrogens (primary N) is 2. The zero-order valence-electron chi connectivity index (χ0n) is 47.6. The molecule has 2 aliphatic heterocycles. The smallest absolute Gasteiger partial charge is 0.415 e. The number of fused-ring (bicyclic) bond motifs is 5. The third-order valence-corrected chi connectivity index (χ3v) is 16.6. The van der Waals surface area contributed by atoms with Crippen molar-refractivity contribution in [2.75, 3.05) is 87.9 Å². The fourth-order valence-electron chi connectivity index (χ4n) is 10.3. The highest BCUT2D eigenvalue weighted by molar-refractivity contribution is 7.17. The number of primary amides is 1. The van der Waals surface area contributed by atoms with Crippen LogP contribution in [0.1, 0.15) is 83.1 Å². The van der Waals surface area contributed by atoms with Gasteiger partial charge in [0.2, 0.25) is 11.8 Å². The SMILES string of the molecule is Cc1csc2c(OC(=O)N(C)CCN(C)C(=O)OCc3ccc(NC(=O)C(CCCNC(N)=O)NC(=O)C(N)C(C)C)cc3)cc3c(c12)C(CCl)CN3C(=O)c1cc2cc(NC(=O)c3cc4cc(OCCN5CCCC5)ccc4[nH]3)ccc2[nH]1. The maximum Gasteiger partial charge on any atom is 0.415 e. The molecule has 84 heavy (non-hydrogen) atoms. The molecular formula is C60H71ClN12O10S. The number of rotatable bonds is 23. The predicted molar refractivity (Wildman–Crippen MR) is 326 cm³/mol. The van der Waals surface area contributed by atoms with Crippen LogP contribution < -0.4 is 47.1 Å². The summed E-state index contributed by atoms with van der Waals surface area (Å²) in [5.41, 5.74) is 17.4. The van der Waals surface area contributed by atoms with Crippen LogP contribution in [0.4, 0.5) is 31.4 Å². The molecule has 8 amide bonds. The van der Waals surface area contributed by atoms with Gasteiger partial charge in [-0.25, -0.2) is 14.4 Å². The molecule has 4 aromatic carbocycles. The number of hydrogen-bond donors (Lipinski definition) is 8. The van der Waals surface area contributed by atoms with Crippen LogP contribution in [-0.4, -0.2) is 151 Å². The Morgan fingerprint density at radius 3 is 2.23 bits per heavy atom. The lowest BCUT2D eigenvalue weighted by Gasteiger charge is -2.23. The lowest BCUT2D eigenvalue weighted by molar-refractivity contribution is -0.128. The van der Waals surface area contributed by atoms with Crippen molar-refractivity contribution >= 4 is 114 Å². The van der Waals surface area contributed by atoms with E-state index in [9.17, 15) is 33.6 Å². The van der Waals surface area contributed by atoms with E-state index in [1.807, 2.05) is 36.6 Å². The molecule has 0 saturated carbocycles. The molecule has 0 aliphatic carbocycles. The van der Waals surface area contributed by atoms with Crippen molar-refractivity contribution in [3.05, 3.63) is 112 Å². The Morgan fingerprint density at radius 2 is 1.51 bits per heavy atom. The average Bonchev–Trinajstić information content (AvgIpc) is 1.79. The van der Waals surface area contributed by atoms with Crippen molar-refractivity contribution in [1.29, 1.82) is 0 Å². The van der Waals surface area contributed by atoms with Gasteiger partial charge in [0.15, 0.2) is 5.75 Å². The summed E-state index contributed by atoms with van der Waals surface area (Å²) in [5.74, 6) is -0.706. The first-order valence-corrected chi connectivity index (χ1v) is 29.4. The molecule has 2 aliphatic rings. The van der Waals surface area contributed by atoms with E-state index in [0.29, 0.717) is 57.9 Å². The van der Waals surface area contributed by atoms with Gasteiger partial charge in [0.1, 0.15) is 36.4 Å². The number of nitrogens with one attached hydrogen (secondary N) is 6. The fourth-order valence-corrected chi connectivity index (χ4v) is 11.5. The first kappa shape index (κ1) is 60.2. The average molecular weight is 1190 g/mol. The second kappa shape index (κ2) is 26.9. The highest BCUT2D eigenvalue weighted by Gasteiger charge is 2.37. The lowest BCUT2D eigenvalue weighted by Crippen LogP contribution is -2.51. The zero-order chi connectivity index (χ0) is 59.8. The van der Waals surface area contributed by atoms with Gasteiger partial charge in [-0.05, 0) is 134 Å². The van der Waals surface area contributed by atoms with Gasteiger partial charge in [-0.1, -0.05) is 26.0 Å². The molecule has 0 spiro atoms. The summed E-state index contributed by atoms with van der Waals surface area (Å²) in [6, 6.07) is 20.6. The second-order valence-electron chi connectivity index (χ2n) is 21.7. The second-order valence-corrected chi connectivity index (χ2v) is 22.9. The summed E-state index contributed by atoms with van der Waals surface area (Å²) in [4.78, 5) is 105. The number of thiophene rings is 1. The van der Waals surface area contributed by atoms with Crippen LogP contribution in [0, 0.1) is 12.8 Å². The van der Waals surface area contributed by atoms with Crippen molar-refractivity contribution in [2.45, 2.75) is 71.1 Å². The third kappa shape index (κ3) is 14.3. The largest absolute Gasteiger partial charge is 0.492 e. The molecule has 1 fully saturated rings. The van der Waals surface area contributed by atoms with Gasteiger partial charge in [-0.15, -0.1) is 22.9 Å². The number of hydrogen-bond acceptors (Lipinski definition) is 13. The number of urea groups is 1.